The molecule has 3 aromatic rings. The average molecular weight is 510 g/mol. The van der Waals surface area contributed by atoms with Crippen molar-refractivity contribution in [3.05, 3.63) is 64.0 Å². The van der Waals surface area contributed by atoms with E-state index in [1.165, 1.54) is 16.0 Å². The number of rotatable bonds is 6. The number of aromatic nitrogens is 2. The molecule has 0 saturated carbocycles. The fraction of sp³-hybridized carbons (Fsp3) is 0.423. The van der Waals surface area contributed by atoms with Crippen LogP contribution in [-0.2, 0) is 6.54 Å². The van der Waals surface area contributed by atoms with E-state index in [9.17, 15) is 14.7 Å². The van der Waals surface area contributed by atoms with Crippen LogP contribution in [-0.4, -0.2) is 76.0 Å². The molecule has 2 aromatic heterocycles. The molecule has 2 saturated heterocycles. The Bertz CT molecular complexity index is 1210. The van der Waals surface area contributed by atoms with Gasteiger partial charge in [0.1, 0.15) is 5.69 Å². The number of anilines is 1. The number of aliphatic hydroxyl groups excluding tert-OH is 1. The Morgan fingerprint density at radius 2 is 1.97 bits per heavy atom. The van der Waals surface area contributed by atoms with Gasteiger partial charge in [0.25, 0.3) is 5.91 Å². The normalized spacial score (nSPS) is 21.7. The molecule has 0 bridgehead atoms. The predicted octanol–water partition coefficient (Wildman–Crippen LogP) is 3.48. The van der Waals surface area contributed by atoms with E-state index < -0.39 is 6.10 Å². The van der Waals surface area contributed by atoms with Gasteiger partial charge >= 0.3 is 6.03 Å². The number of hydrogen-bond donors (Lipinski definition) is 2. The first-order valence-corrected chi connectivity index (χ1v) is 13.1. The topological polar surface area (TPSA) is 99.9 Å². The molecule has 3 unspecified atom stereocenters. The molecule has 1 aromatic carbocycles. The summed E-state index contributed by atoms with van der Waals surface area (Å²) in [7, 11) is 1.59. The number of thiophene rings is 1. The van der Waals surface area contributed by atoms with Crippen LogP contribution >= 0.6 is 11.3 Å². The van der Waals surface area contributed by atoms with Gasteiger partial charge in [-0.3, -0.25) is 4.79 Å². The maximum absolute atomic E-state index is 13.4. The van der Waals surface area contributed by atoms with E-state index in [0.717, 1.165) is 5.56 Å². The molecule has 3 atom stereocenters. The first-order chi connectivity index (χ1) is 17.5. The Labute approximate surface area is 214 Å². The highest BCUT2D eigenvalue weighted by atomic mass is 32.1. The summed E-state index contributed by atoms with van der Waals surface area (Å²) in [6.45, 7) is 4.59. The van der Waals surface area contributed by atoms with Gasteiger partial charge in [0.2, 0.25) is 0 Å². The summed E-state index contributed by atoms with van der Waals surface area (Å²) < 4.78 is 7.24. The minimum atomic E-state index is -0.457. The van der Waals surface area contributed by atoms with Gasteiger partial charge in [-0.05, 0) is 29.3 Å². The van der Waals surface area contributed by atoms with Crippen molar-refractivity contribution in [1.29, 1.82) is 0 Å². The number of hydrogen-bond acceptors (Lipinski definition) is 7. The van der Waals surface area contributed by atoms with Crippen molar-refractivity contribution < 1.29 is 19.4 Å². The Kier molecular flexibility index (Phi) is 6.97. The van der Waals surface area contributed by atoms with Crippen molar-refractivity contribution in [1.82, 2.24) is 19.6 Å². The van der Waals surface area contributed by atoms with Crippen LogP contribution in [0.1, 0.15) is 40.9 Å². The summed E-state index contributed by atoms with van der Waals surface area (Å²) >= 11 is 1.46. The van der Waals surface area contributed by atoms with Gasteiger partial charge in [0.15, 0.2) is 11.6 Å². The zero-order chi connectivity index (χ0) is 25.2. The number of carbonyl (C=O) groups excluding carboxylic acids is 2. The highest BCUT2D eigenvalue weighted by Crippen LogP contribution is 2.41. The summed E-state index contributed by atoms with van der Waals surface area (Å²) in [4.78, 5) is 30.0. The molecule has 2 fully saturated rings. The quantitative estimate of drug-likeness (QED) is 0.528. The van der Waals surface area contributed by atoms with Crippen LogP contribution in [0.4, 0.5) is 10.6 Å². The van der Waals surface area contributed by atoms with E-state index in [2.05, 4.69) is 12.2 Å². The lowest BCUT2D eigenvalue weighted by Crippen LogP contribution is -2.41. The third kappa shape index (κ3) is 4.70. The Hall–Kier alpha value is -3.37. The number of aliphatic hydroxyl groups is 1. The number of methoxy groups -OCH3 is 1. The lowest BCUT2D eigenvalue weighted by Gasteiger charge is -2.24. The van der Waals surface area contributed by atoms with Gasteiger partial charge in [0.05, 0.1) is 18.8 Å². The fourth-order valence-electron chi connectivity index (χ4n) is 5.05. The standard InChI is InChI=1S/C26H31N5O4S/c1-17-13-30(26(34)29-10-8-20(32)14-29)15-21(17)22-23(35-2)24(27-12-18-6-4-3-5-7-18)31(28-22)25(33)19-9-11-36-16-19/h3-7,9,11,16-17,20-21,27,32H,8,10,12-15H2,1-2H3. The molecule has 0 spiro atoms. The van der Waals surface area contributed by atoms with Crippen LogP contribution in [0.25, 0.3) is 0 Å². The van der Waals surface area contributed by atoms with Crippen LogP contribution in [0.5, 0.6) is 5.75 Å². The molecule has 2 N–H and O–H groups in total. The maximum Gasteiger partial charge on any atom is 0.320 e. The fourth-order valence-corrected chi connectivity index (χ4v) is 5.68. The molecule has 36 heavy (non-hydrogen) atoms. The van der Waals surface area contributed by atoms with Gasteiger partial charge in [0, 0.05) is 44.0 Å². The van der Waals surface area contributed by atoms with Crippen LogP contribution in [0, 0.1) is 5.92 Å². The van der Waals surface area contributed by atoms with Crippen LogP contribution in [0.15, 0.2) is 47.2 Å². The Morgan fingerprint density at radius 1 is 1.17 bits per heavy atom. The van der Waals surface area contributed by atoms with Gasteiger partial charge in [-0.25, -0.2) is 4.79 Å². The molecule has 4 heterocycles. The van der Waals surface area contributed by atoms with Crippen molar-refractivity contribution in [2.75, 3.05) is 38.6 Å². The number of nitrogens with one attached hydrogen (secondary N) is 1. The largest absolute Gasteiger partial charge is 0.491 e. The van der Waals surface area contributed by atoms with E-state index in [-0.39, 0.29) is 23.8 Å². The number of likely N-dealkylation sites (tertiary alicyclic amines) is 2. The second-order valence-corrected chi connectivity index (χ2v) is 10.3. The number of nitrogens with zero attached hydrogens (tertiary/aromatic N) is 4. The minimum Gasteiger partial charge on any atom is -0.491 e. The zero-order valence-corrected chi connectivity index (χ0v) is 21.3. The van der Waals surface area contributed by atoms with Crippen molar-refractivity contribution in [2.24, 2.45) is 5.92 Å². The Balaban J connectivity index is 1.45. The summed E-state index contributed by atoms with van der Waals surface area (Å²) in [6, 6.07) is 11.7. The van der Waals surface area contributed by atoms with Gasteiger partial charge < -0.3 is 25.0 Å². The molecule has 9 nitrogen and oxygen atoms in total. The molecule has 5 rings (SSSR count). The van der Waals surface area contributed by atoms with Gasteiger partial charge in [-0.2, -0.15) is 21.1 Å². The minimum absolute atomic E-state index is 0.0592. The first kappa shape index (κ1) is 24.3. The predicted molar refractivity (Wildman–Crippen MR) is 138 cm³/mol. The van der Waals surface area contributed by atoms with E-state index in [1.807, 2.05) is 40.6 Å². The molecule has 190 valence electrons. The molecule has 2 aliphatic rings. The van der Waals surface area contributed by atoms with E-state index in [4.69, 9.17) is 9.84 Å². The lowest BCUT2D eigenvalue weighted by molar-refractivity contribution is 0.0947. The van der Waals surface area contributed by atoms with Gasteiger partial charge in [-0.15, -0.1) is 0 Å². The summed E-state index contributed by atoms with van der Waals surface area (Å²) in [5.41, 5.74) is 2.29. The number of ether oxygens (including phenoxy) is 1. The molecular formula is C26H31N5O4S. The van der Waals surface area contributed by atoms with Crippen molar-refractivity contribution >= 4 is 29.1 Å². The molecule has 10 heteroatoms. The number of carbonyl (C=O) groups is 2. The highest BCUT2D eigenvalue weighted by Gasteiger charge is 2.41. The number of amides is 2. The van der Waals surface area contributed by atoms with E-state index >= 15 is 0 Å². The average Bonchev–Trinajstić information content (AvgIpc) is 3.68. The van der Waals surface area contributed by atoms with E-state index in [0.29, 0.717) is 62.0 Å². The monoisotopic (exact) mass is 509 g/mol. The number of β-amino-alcohol motifs (C(OH)–C–C–N with tert-alkyl or cyclic N) is 1. The number of urea groups is 1. The maximum atomic E-state index is 13.4. The number of benzene rings is 1. The third-order valence-electron chi connectivity index (χ3n) is 7.00. The molecular weight excluding hydrogens is 478 g/mol. The van der Waals surface area contributed by atoms with E-state index in [1.54, 1.807) is 23.5 Å². The SMILES string of the molecule is COc1c(C2CN(C(=O)N3CCC(O)C3)CC2C)nn(C(=O)c2ccsc2)c1NCc1ccccc1. The summed E-state index contributed by atoms with van der Waals surface area (Å²) in [5, 5.41) is 21.7. The van der Waals surface area contributed by atoms with Crippen molar-refractivity contribution in [3.8, 4) is 5.75 Å². The highest BCUT2D eigenvalue weighted by molar-refractivity contribution is 7.08. The second kappa shape index (κ2) is 10.3. The van der Waals surface area contributed by atoms with Crippen LogP contribution in [0.2, 0.25) is 0 Å². The Morgan fingerprint density at radius 3 is 2.64 bits per heavy atom. The smallest absolute Gasteiger partial charge is 0.320 e. The third-order valence-corrected chi connectivity index (χ3v) is 7.69. The second-order valence-electron chi connectivity index (χ2n) is 9.50. The molecule has 0 aliphatic carbocycles. The van der Waals surface area contributed by atoms with Crippen molar-refractivity contribution in [3.63, 3.8) is 0 Å². The first-order valence-electron chi connectivity index (χ1n) is 12.2. The molecule has 2 amide bonds. The van der Waals surface area contributed by atoms with Crippen LogP contribution < -0.4 is 10.1 Å². The molecule has 0 radical (unpaired) electrons. The van der Waals surface area contributed by atoms with Gasteiger partial charge in [-0.1, -0.05) is 37.3 Å². The van der Waals surface area contributed by atoms with Crippen LogP contribution in [0.3, 0.4) is 0 Å². The van der Waals surface area contributed by atoms with Crippen molar-refractivity contribution in [2.45, 2.75) is 31.9 Å². The zero-order valence-electron chi connectivity index (χ0n) is 20.5. The lowest BCUT2D eigenvalue weighted by atomic mass is 9.94. The summed E-state index contributed by atoms with van der Waals surface area (Å²) in [5.74, 6) is 0.827. The summed E-state index contributed by atoms with van der Waals surface area (Å²) in [6.07, 6.45) is 0.153. The molecule has 2 aliphatic heterocycles.